The van der Waals surface area contributed by atoms with Crippen molar-refractivity contribution in [3.63, 3.8) is 0 Å². The van der Waals surface area contributed by atoms with Crippen LogP contribution in [0.4, 0.5) is 0 Å². The van der Waals surface area contributed by atoms with E-state index in [1.165, 1.54) is 11.6 Å². The molecule has 7 atom stereocenters. The third kappa shape index (κ3) is 6.08. The molecule has 3 rings (SSSR count). The molecule has 0 heterocycles. The zero-order chi connectivity index (χ0) is 24.7. The number of benzene rings is 1. The van der Waals surface area contributed by atoms with Crippen LogP contribution in [0.2, 0.25) is 0 Å². The van der Waals surface area contributed by atoms with Crippen molar-refractivity contribution >= 4 is 11.9 Å². The van der Waals surface area contributed by atoms with Crippen LogP contribution in [-0.4, -0.2) is 24.6 Å². The number of ether oxygens (including phenoxy) is 2. The number of allylic oxidation sites excluding steroid dienone is 5. The van der Waals surface area contributed by atoms with E-state index in [0.29, 0.717) is 47.7 Å². The Labute approximate surface area is 205 Å². The Hall–Kier alpha value is -2.62. The van der Waals surface area contributed by atoms with E-state index in [0.717, 1.165) is 19.3 Å². The fraction of sp³-hybridized carbons (Fsp3) is 0.533. The summed E-state index contributed by atoms with van der Waals surface area (Å²) in [5.41, 5.74) is 2.02. The van der Waals surface area contributed by atoms with Gasteiger partial charge in [-0.3, -0.25) is 0 Å². The minimum Gasteiger partial charge on any atom is -0.463 e. The molecule has 0 radical (unpaired) electrons. The first-order chi connectivity index (χ1) is 16.4. The maximum absolute atomic E-state index is 12.9. The lowest BCUT2D eigenvalue weighted by Crippen LogP contribution is -2.50. The van der Waals surface area contributed by atoms with Crippen molar-refractivity contribution in [1.29, 1.82) is 0 Å². The molecular weight excluding hydrogens is 424 g/mol. The largest absolute Gasteiger partial charge is 0.463 e. The Bertz CT molecular complexity index is 913. The normalized spacial score (nSPS) is 31.9. The second-order valence-electron chi connectivity index (χ2n) is 9.95. The highest BCUT2D eigenvalue weighted by Gasteiger charge is 2.50. The van der Waals surface area contributed by atoms with Crippen molar-refractivity contribution < 1.29 is 19.1 Å². The Balaban J connectivity index is 1.87. The number of fused-ring (bicyclic) bond motifs is 1. The molecule has 4 heteroatoms. The van der Waals surface area contributed by atoms with Crippen LogP contribution in [0.5, 0.6) is 0 Å². The minimum absolute atomic E-state index is 0.0609. The summed E-state index contributed by atoms with van der Waals surface area (Å²) in [6.45, 7) is 11.2. The zero-order valence-corrected chi connectivity index (χ0v) is 21.3. The quantitative estimate of drug-likeness (QED) is 0.193. The van der Waals surface area contributed by atoms with Gasteiger partial charge >= 0.3 is 11.9 Å². The van der Waals surface area contributed by atoms with Gasteiger partial charge in [0.2, 0.25) is 0 Å². The van der Waals surface area contributed by atoms with Crippen molar-refractivity contribution in [2.24, 2.45) is 35.5 Å². The van der Waals surface area contributed by atoms with Gasteiger partial charge in [0.05, 0.1) is 12.2 Å². The molecule has 0 bridgehead atoms. The molecule has 0 aliphatic heterocycles. The zero-order valence-electron chi connectivity index (χ0n) is 21.3. The van der Waals surface area contributed by atoms with Gasteiger partial charge in [-0.2, -0.15) is 0 Å². The lowest BCUT2D eigenvalue weighted by molar-refractivity contribution is -0.137. The summed E-state index contributed by atoms with van der Waals surface area (Å²) in [6.07, 6.45) is 12.7. The Morgan fingerprint density at radius 3 is 2.47 bits per heavy atom. The molecule has 2 saturated carbocycles. The van der Waals surface area contributed by atoms with E-state index in [2.05, 4.69) is 39.8 Å². The van der Waals surface area contributed by atoms with Crippen LogP contribution in [0.1, 0.15) is 64.2 Å². The van der Waals surface area contributed by atoms with Gasteiger partial charge in [-0.1, -0.05) is 61.9 Å². The Morgan fingerprint density at radius 2 is 1.79 bits per heavy atom. The molecule has 1 aromatic rings. The summed E-state index contributed by atoms with van der Waals surface area (Å²) >= 11 is 0. The minimum atomic E-state index is -0.317. The molecule has 34 heavy (non-hydrogen) atoms. The highest BCUT2D eigenvalue weighted by atomic mass is 16.5. The Morgan fingerprint density at radius 1 is 1.06 bits per heavy atom. The molecule has 1 aromatic carbocycles. The number of hydrogen-bond acceptors (Lipinski definition) is 4. The molecule has 184 valence electrons. The first kappa shape index (κ1) is 26.0. The standard InChI is InChI=1S/C30H40O4/c1-6-20(3)28-22(5)19-25-26(34-30(32)23-13-9-8-10-14-23)18-17-21(4)29(25)24(28)15-11-12-16-27(31)33-7-2/h6,8-16,21-22,24-26,28-29H,7,17-19H2,1-5H3/b15-11+,16-12+,20-6-/t21-,22-,24+,25-,26-,28?,29-/m0/s1. The molecule has 2 fully saturated rings. The van der Waals surface area contributed by atoms with Gasteiger partial charge in [-0.05, 0) is 87.7 Å². The van der Waals surface area contributed by atoms with Crippen molar-refractivity contribution in [1.82, 2.24) is 0 Å². The highest BCUT2D eigenvalue weighted by molar-refractivity contribution is 5.89. The summed E-state index contributed by atoms with van der Waals surface area (Å²) in [5, 5.41) is 0. The highest BCUT2D eigenvalue weighted by Crippen LogP contribution is 2.54. The van der Waals surface area contributed by atoms with Crippen LogP contribution in [0, 0.1) is 35.5 Å². The van der Waals surface area contributed by atoms with Crippen LogP contribution >= 0.6 is 0 Å². The van der Waals surface area contributed by atoms with Crippen LogP contribution in [0.3, 0.4) is 0 Å². The van der Waals surface area contributed by atoms with Crippen LogP contribution in [0.25, 0.3) is 0 Å². The predicted molar refractivity (Wildman–Crippen MR) is 136 cm³/mol. The van der Waals surface area contributed by atoms with Crippen LogP contribution in [0.15, 0.2) is 66.3 Å². The molecule has 2 aliphatic carbocycles. The van der Waals surface area contributed by atoms with Crippen LogP contribution < -0.4 is 0 Å². The van der Waals surface area contributed by atoms with E-state index >= 15 is 0 Å². The average Bonchev–Trinajstić information content (AvgIpc) is 2.83. The summed E-state index contributed by atoms with van der Waals surface area (Å²) in [6, 6.07) is 9.30. The van der Waals surface area contributed by atoms with Gasteiger partial charge in [-0.15, -0.1) is 0 Å². The van der Waals surface area contributed by atoms with E-state index in [1.807, 2.05) is 36.4 Å². The summed E-state index contributed by atoms with van der Waals surface area (Å²) in [4.78, 5) is 24.6. The molecule has 1 unspecified atom stereocenters. The summed E-state index contributed by atoms with van der Waals surface area (Å²) in [7, 11) is 0. The number of rotatable bonds is 7. The second kappa shape index (κ2) is 12.2. The maximum atomic E-state index is 12.9. The fourth-order valence-corrected chi connectivity index (χ4v) is 6.31. The number of esters is 2. The van der Waals surface area contributed by atoms with E-state index in [-0.39, 0.29) is 18.0 Å². The third-order valence-corrected chi connectivity index (χ3v) is 7.86. The van der Waals surface area contributed by atoms with Gasteiger partial charge in [0.25, 0.3) is 0 Å². The topological polar surface area (TPSA) is 52.6 Å². The molecule has 4 nitrogen and oxygen atoms in total. The lowest BCUT2D eigenvalue weighted by atomic mass is 9.53. The monoisotopic (exact) mass is 464 g/mol. The molecule has 0 spiro atoms. The van der Waals surface area contributed by atoms with Gasteiger partial charge in [0.15, 0.2) is 0 Å². The van der Waals surface area contributed by atoms with Crippen molar-refractivity contribution in [3.05, 3.63) is 71.8 Å². The van der Waals surface area contributed by atoms with Crippen molar-refractivity contribution in [3.8, 4) is 0 Å². The van der Waals surface area contributed by atoms with Gasteiger partial charge in [0, 0.05) is 6.08 Å². The van der Waals surface area contributed by atoms with E-state index in [1.54, 1.807) is 13.0 Å². The first-order valence-corrected chi connectivity index (χ1v) is 12.8. The first-order valence-electron chi connectivity index (χ1n) is 12.8. The summed E-state index contributed by atoms with van der Waals surface area (Å²) in [5.74, 6) is 1.99. The number of carbonyl (C=O) groups excluding carboxylic acids is 2. The van der Waals surface area contributed by atoms with E-state index in [4.69, 9.17) is 9.47 Å². The molecule has 0 amide bonds. The third-order valence-electron chi connectivity index (χ3n) is 7.86. The maximum Gasteiger partial charge on any atom is 0.338 e. The molecule has 0 N–H and O–H groups in total. The summed E-state index contributed by atoms with van der Waals surface area (Å²) < 4.78 is 11.1. The van der Waals surface area contributed by atoms with E-state index < -0.39 is 0 Å². The lowest BCUT2D eigenvalue weighted by Gasteiger charge is -2.53. The van der Waals surface area contributed by atoms with Gasteiger partial charge < -0.3 is 9.47 Å². The average molecular weight is 465 g/mol. The number of hydrogen-bond donors (Lipinski definition) is 0. The van der Waals surface area contributed by atoms with Crippen LogP contribution in [-0.2, 0) is 14.3 Å². The SMILES string of the molecule is C/C=C(/C)C1[C@@H](/C=C/C=C/C(=O)OCC)[C@H]2[C@@H](C[C@@H]1C)[C@@H](OC(=O)c1ccccc1)CC[C@@H]2C. The van der Waals surface area contributed by atoms with Crippen molar-refractivity contribution in [2.75, 3.05) is 6.61 Å². The van der Waals surface area contributed by atoms with Gasteiger partial charge in [0.1, 0.15) is 6.10 Å². The molecular formula is C30H40O4. The smallest absolute Gasteiger partial charge is 0.338 e. The van der Waals surface area contributed by atoms with Crippen molar-refractivity contribution in [2.45, 2.75) is 60.0 Å². The second-order valence-corrected chi connectivity index (χ2v) is 9.95. The Kier molecular flexibility index (Phi) is 9.32. The van der Waals surface area contributed by atoms with E-state index in [9.17, 15) is 9.59 Å². The van der Waals surface area contributed by atoms with Gasteiger partial charge in [-0.25, -0.2) is 9.59 Å². The molecule has 0 saturated heterocycles. The number of carbonyl (C=O) groups is 2. The molecule has 2 aliphatic rings. The predicted octanol–water partition coefficient (Wildman–Crippen LogP) is 6.79. The fourth-order valence-electron chi connectivity index (χ4n) is 6.31. The molecule has 0 aromatic heterocycles.